The van der Waals surface area contributed by atoms with Crippen molar-refractivity contribution in [3.63, 3.8) is 0 Å². The predicted molar refractivity (Wildman–Crippen MR) is 71.0 cm³/mol. The lowest BCUT2D eigenvalue weighted by Gasteiger charge is -2.23. The molecule has 1 heterocycles. The quantitative estimate of drug-likeness (QED) is 0.890. The van der Waals surface area contributed by atoms with Crippen molar-refractivity contribution >= 4 is 0 Å². The van der Waals surface area contributed by atoms with E-state index in [1.165, 1.54) is 32.1 Å². The van der Waals surface area contributed by atoms with Crippen molar-refractivity contribution in [2.24, 2.45) is 5.92 Å². The van der Waals surface area contributed by atoms with E-state index in [4.69, 9.17) is 0 Å². The fourth-order valence-electron chi connectivity index (χ4n) is 2.45. The smallest absolute Gasteiger partial charge is 0.165 e. The molecule has 1 aliphatic rings. The number of hydrogen-bond acceptors (Lipinski definition) is 4. The van der Waals surface area contributed by atoms with E-state index in [-0.39, 0.29) is 5.54 Å². The molecule has 1 aromatic rings. The minimum Gasteiger partial charge on any atom is -0.305 e. The van der Waals surface area contributed by atoms with Gasteiger partial charge in [-0.1, -0.05) is 19.3 Å². The Morgan fingerprint density at radius 3 is 2.61 bits per heavy atom. The molecule has 5 heteroatoms. The van der Waals surface area contributed by atoms with E-state index in [9.17, 15) is 0 Å². The lowest BCUT2D eigenvalue weighted by Crippen LogP contribution is -2.36. The summed E-state index contributed by atoms with van der Waals surface area (Å²) in [4.78, 5) is 0. The van der Waals surface area contributed by atoms with Crippen LogP contribution in [0.2, 0.25) is 0 Å². The molecule has 5 nitrogen and oxygen atoms in total. The molecular formula is C13H25N5. The van der Waals surface area contributed by atoms with Crippen LogP contribution in [0.5, 0.6) is 0 Å². The van der Waals surface area contributed by atoms with Crippen molar-refractivity contribution in [2.45, 2.75) is 71.5 Å². The zero-order chi connectivity index (χ0) is 13.0. The molecule has 0 amide bonds. The summed E-state index contributed by atoms with van der Waals surface area (Å²) < 4.78 is 1.98. The Morgan fingerprint density at radius 1 is 1.22 bits per heavy atom. The molecule has 0 aromatic carbocycles. The minimum absolute atomic E-state index is 0.0988. The van der Waals surface area contributed by atoms with Gasteiger partial charge in [0, 0.05) is 12.1 Å². The number of nitrogens with one attached hydrogen (secondary N) is 1. The van der Waals surface area contributed by atoms with Crippen molar-refractivity contribution in [2.75, 3.05) is 0 Å². The van der Waals surface area contributed by atoms with Gasteiger partial charge in [0.15, 0.2) is 5.82 Å². The topological polar surface area (TPSA) is 55.6 Å². The number of nitrogens with zero attached hydrogens (tertiary/aromatic N) is 4. The molecule has 0 saturated heterocycles. The summed E-state index contributed by atoms with van der Waals surface area (Å²) in [6, 6.07) is 0. The maximum atomic E-state index is 4.13. The normalized spacial score (nSPS) is 18.2. The number of tetrazole rings is 1. The fraction of sp³-hybridized carbons (Fsp3) is 0.923. The fourth-order valence-corrected chi connectivity index (χ4v) is 2.45. The predicted octanol–water partition coefficient (Wildman–Crippen LogP) is 2.14. The van der Waals surface area contributed by atoms with Crippen LogP contribution < -0.4 is 5.32 Å². The van der Waals surface area contributed by atoms with Crippen LogP contribution in [0, 0.1) is 5.92 Å². The number of hydrogen-bond donors (Lipinski definition) is 1. The van der Waals surface area contributed by atoms with E-state index >= 15 is 0 Å². The van der Waals surface area contributed by atoms with Gasteiger partial charge in [-0.25, -0.2) is 4.68 Å². The lowest BCUT2D eigenvalue weighted by atomic mass is 9.89. The van der Waals surface area contributed by atoms with Crippen LogP contribution in [0.25, 0.3) is 0 Å². The summed E-state index contributed by atoms with van der Waals surface area (Å²) >= 11 is 0. The highest BCUT2D eigenvalue weighted by molar-refractivity contribution is 4.84. The molecule has 1 aliphatic carbocycles. The highest BCUT2D eigenvalue weighted by atomic mass is 15.5. The standard InChI is InChI=1S/C13H25N5/c1-13(2,3)14-9-12-15-16-17-18(12)10-11-7-5-4-6-8-11/h11,14H,4-10H2,1-3H3. The number of rotatable bonds is 4. The maximum absolute atomic E-state index is 4.13. The van der Waals surface area contributed by atoms with E-state index in [2.05, 4.69) is 41.6 Å². The Hall–Kier alpha value is -0.970. The maximum Gasteiger partial charge on any atom is 0.165 e. The molecule has 0 bridgehead atoms. The van der Waals surface area contributed by atoms with Gasteiger partial charge in [0.25, 0.3) is 0 Å². The first kappa shape index (κ1) is 13.5. The Bertz CT molecular complexity index is 360. The Balaban J connectivity index is 1.90. The molecule has 0 atom stereocenters. The van der Waals surface area contributed by atoms with Gasteiger partial charge >= 0.3 is 0 Å². The third kappa shape index (κ3) is 4.05. The summed E-state index contributed by atoms with van der Waals surface area (Å²) in [5.74, 6) is 1.71. The number of aromatic nitrogens is 4. The monoisotopic (exact) mass is 251 g/mol. The Morgan fingerprint density at radius 2 is 1.94 bits per heavy atom. The molecule has 0 unspecified atom stereocenters. The summed E-state index contributed by atoms with van der Waals surface area (Å²) in [7, 11) is 0. The highest BCUT2D eigenvalue weighted by Crippen LogP contribution is 2.24. The summed E-state index contributed by atoms with van der Waals surface area (Å²) in [5.41, 5.74) is 0.0988. The van der Waals surface area contributed by atoms with Gasteiger partial charge in [-0.15, -0.1) is 5.10 Å². The first-order valence-electron chi connectivity index (χ1n) is 7.05. The van der Waals surface area contributed by atoms with Crippen molar-refractivity contribution < 1.29 is 0 Å². The van der Waals surface area contributed by atoms with Crippen LogP contribution in [0.15, 0.2) is 0 Å². The van der Waals surface area contributed by atoms with E-state index < -0.39 is 0 Å². The molecule has 1 aromatic heterocycles. The zero-order valence-electron chi connectivity index (χ0n) is 11.8. The van der Waals surface area contributed by atoms with Gasteiger partial charge in [0.05, 0.1) is 6.54 Å². The molecular weight excluding hydrogens is 226 g/mol. The Kier molecular flexibility index (Phi) is 4.32. The van der Waals surface area contributed by atoms with E-state index in [0.717, 1.165) is 24.8 Å². The third-order valence-electron chi connectivity index (χ3n) is 3.54. The average Bonchev–Trinajstić information content (AvgIpc) is 2.74. The Labute approximate surface area is 109 Å². The largest absolute Gasteiger partial charge is 0.305 e. The van der Waals surface area contributed by atoms with Gasteiger partial charge in [0.2, 0.25) is 0 Å². The first-order chi connectivity index (χ1) is 8.54. The van der Waals surface area contributed by atoms with Crippen molar-refractivity contribution in [3.8, 4) is 0 Å². The molecule has 102 valence electrons. The van der Waals surface area contributed by atoms with Crippen LogP contribution in [0.1, 0.15) is 58.7 Å². The summed E-state index contributed by atoms with van der Waals surface area (Å²) in [6.45, 7) is 8.18. The molecule has 0 spiro atoms. The highest BCUT2D eigenvalue weighted by Gasteiger charge is 2.17. The van der Waals surface area contributed by atoms with Crippen LogP contribution >= 0.6 is 0 Å². The van der Waals surface area contributed by atoms with Gasteiger partial charge < -0.3 is 5.32 Å². The van der Waals surface area contributed by atoms with Crippen molar-refractivity contribution in [1.29, 1.82) is 0 Å². The van der Waals surface area contributed by atoms with Crippen LogP contribution in [0.4, 0.5) is 0 Å². The molecule has 2 rings (SSSR count). The minimum atomic E-state index is 0.0988. The van der Waals surface area contributed by atoms with Crippen LogP contribution in [-0.4, -0.2) is 25.7 Å². The lowest BCUT2D eigenvalue weighted by molar-refractivity contribution is 0.298. The van der Waals surface area contributed by atoms with Crippen molar-refractivity contribution in [3.05, 3.63) is 5.82 Å². The molecule has 0 aliphatic heterocycles. The molecule has 18 heavy (non-hydrogen) atoms. The third-order valence-corrected chi connectivity index (χ3v) is 3.54. The first-order valence-corrected chi connectivity index (χ1v) is 7.05. The van der Waals surface area contributed by atoms with Gasteiger partial charge in [-0.2, -0.15) is 0 Å². The van der Waals surface area contributed by atoms with E-state index in [1.54, 1.807) is 0 Å². The second-order valence-corrected chi connectivity index (χ2v) is 6.38. The summed E-state index contributed by atoms with van der Waals surface area (Å²) in [6.07, 6.45) is 6.77. The second kappa shape index (κ2) is 5.78. The van der Waals surface area contributed by atoms with Gasteiger partial charge in [-0.05, 0) is 50.0 Å². The van der Waals surface area contributed by atoms with Crippen LogP contribution in [-0.2, 0) is 13.1 Å². The molecule has 1 saturated carbocycles. The SMILES string of the molecule is CC(C)(C)NCc1nnnn1CC1CCCCC1. The summed E-state index contributed by atoms with van der Waals surface area (Å²) in [5, 5.41) is 15.5. The van der Waals surface area contributed by atoms with Gasteiger partial charge in [-0.3, -0.25) is 0 Å². The zero-order valence-corrected chi connectivity index (χ0v) is 11.8. The van der Waals surface area contributed by atoms with Crippen molar-refractivity contribution in [1.82, 2.24) is 25.5 Å². The van der Waals surface area contributed by atoms with Gasteiger partial charge in [0.1, 0.15) is 0 Å². The molecule has 1 N–H and O–H groups in total. The second-order valence-electron chi connectivity index (χ2n) is 6.38. The molecule has 1 fully saturated rings. The molecule has 0 radical (unpaired) electrons. The van der Waals surface area contributed by atoms with Crippen LogP contribution in [0.3, 0.4) is 0 Å². The van der Waals surface area contributed by atoms with E-state index in [1.807, 2.05) is 4.68 Å². The average molecular weight is 251 g/mol. The van der Waals surface area contributed by atoms with E-state index in [0.29, 0.717) is 0 Å².